The van der Waals surface area contributed by atoms with Gasteiger partial charge in [-0.2, -0.15) is 0 Å². The average Bonchev–Trinajstić information content (AvgIpc) is 3.22. The summed E-state index contributed by atoms with van der Waals surface area (Å²) >= 11 is 5.96. The maximum Gasteiger partial charge on any atom is 0.257 e. The van der Waals surface area contributed by atoms with Crippen LogP contribution in [0, 0.1) is 0 Å². The number of carbonyl (C=O) groups excluding carboxylic acids is 1. The molecule has 1 aromatic heterocycles. The molecule has 1 unspecified atom stereocenters. The van der Waals surface area contributed by atoms with Gasteiger partial charge < -0.3 is 19.8 Å². The molecule has 1 atom stereocenters. The normalized spacial score (nSPS) is 11.8. The van der Waals surface area contributed by atoms with Crippen molar-refractivity contribution in [3.05, 3.63) is 95.1 Å². The molecule has 1 amide bonds. The number of para-hydroxylation sites is 1. The number of benzene rings is 3. The first-order chi connectivity index (χ1) is 15.1. The molecule has 3 aromatic carbocycles. The van der Waals surface area contributed by atoms with E-state index in [4.69, 9.17) is 21.1 Å². The summed E-state index contributed by atoms with van der Waals surface area (Å²) in [7, 11) is 1.65. The molecule has 0 aliphatic carbocycles. The molecule has 4 rings (SSSR count). The van der Waals surface area contributed by atoms with Crippen LogP contribution in [0.15, 0.2) is 79.0 Å². The van der Waals surface area contributed by atoms with Gasteiger partial charge in [0.15, 0.2) is 6.61 Å². The summed E-state index contributed by atoms with van der Waals surface area (Å²) in [4.78, 5) is 15.8. The van der Waals surface area contributed by atoms with Crippen LogP contribution < -0.4 is 14.8 Å². The second-order valence-electron chi connectivity index (χ2n) is 7.17. The third kappa shape index (κ3) is 5.01. The van der Waals surface area contributed by atoms with Gasteiger partial charge in [0.2, 0.25) is 0 Å². The Labute approximate surface area is 186 Å². The molecule has 0 fully saturated rings. The van der Waals surface area contributed by atoms with E-state index in [1.54, 1.807) is 31.4 Å². The molecule has 1 heterocycles. The molecule has 4 aromatic rings. The van der Waals surface area contributed by atoms with Crippen LogP contribution in [-0.2, 0) is 4.79 Å². The number of aromatic amines is 1. The quantitative estimate of drug-likeness (QED) is 0.402. The summed E-state index contributed by atoms with van der Waals surface area (Å²) in [5.41, 5.74) is 3.27. The van der Waals surface area contributed by atoms with Crippen LogP contribution in [0.4, 0.5) is 0 Å². The number of halogens is 1. The smallest absolute Gasteiger partial charge is 0.257 e. The Balaban J connectivity index is 1.51. The van der Waals surface area contributed by atoms with Crippen molar-refractivity contribution in [3.63, 3.8) is 0 Å². The van der Waals surface area contributed by atoms with Crippen molar-refractivity contribution in [1.29, 1.82) is 0 Å². The molecule has 31 heavy (non-hydrogen) atoms. The van der Waals surface area contributed by atoms with Crippen LogP contribution in [0.3, 0.4) is 0 Å². The van der Waals surface area contributed by atoms with E-state index >= 15 is 0 Å². The van der Waals surface area contributed by atoms with Crippen LogP contribution in [0.25, 0.3) is 10.9 Å². The van der Waals surface area contributed by atoms with Gasteiger partial charge in [-0.1, -0.05) is 48.0 Å². The lowest BCUT2D eigenvalue weighted by molar-refractivity contribution is -0.123. The highest BCUT2D eigenvalue weighted by Crippen LogP contribution is 2.31. The van der Waals surface area contributed by atoms with E-state index < -0.39 is 0 Å². The summed E-state index contributed by atoms with van der Waals surface area (Å²) in [6.07, 6.45) is 2.01. The van der Waals surface area contributed by atoms with Gasteiger partial charge in [0.1, 0.15) is 11.5 Å². The van der Waals surface area contributed by atoms with Gasteiger partial charge in [0.05, 0.1) is 7.11 Å². The molecule has 0 bridgehead atoms. The number of rotatable bonds is 8. The number of aromatic nitrogens is 1. The number of hydrogen-bond acceptors (Lipinski definition) is 3. The summed E-state index contributed by atoms with van der Waals surface area (Å²) < 4.78 is 10.8. The Bertz CT molecular complexity index is 1170. The predicted molar refractivity (Wildman–Crippen MR) is 123 cm³/mol. The standard InChI is InChI=1S/C25H23ClN2O3/c1-30-19-11-9-17(10-12-19)22(23-15-27-24-8-3-2-7-21(23)24)14-28-25(29)16-31-20-6-4-5-18(26)13-20/h2-13,15,22,27H,14,16H2,1H3,(H,28,29). The van der Waals surface area contributed by atoms with Gasteiger partial charge in [0, 0.05) is 34.6 Å². The first-order valence-electron chi connectivity index (χ1n) is 9.99. The predicted octanol–water partition coefficient (Wildman–Crippen LogP) is 5.16. The fourth-order valence-corrected chi connectivity index (χ4v) is 3.78. The Kier molecular flexibility index (Phi) is 6.43. The van der Waals surface area contributed by atoms with Gasteiger partial charge in [-0.25, -0.2) is 0 Å². The van der Waals surface area contributed by atoms with E-state index in [1.807, 2.05) is 48.7 Å². The Morgan fingerprint density at radius 2 is 1.84 bits per heavy atom. The third-order valence-electron chi connectivity index (χ3n) is 5.18. The van der Waals surface area contributed by atoms with Crippen LogP contribution in [0.1, 0.15) is 17.0 Å². The lowest BCUT2D eigenvalue weighted by atomic mass is 9.91. The lowest BCUT2D eigenvalue weighted by Gasteiger charge is -2.19. The highest BCUT2D eigenvalue weighted by atomic mass is 35.5. The zero-order chi connectivity index (χ0) is 21.6. The summed E-state index contributed by atoms with van der Waals surface area (Å²) in [5.74, 6) is 1.13. The first-order valence-corrected chi connectivity index (χ1v) is 10.4. The summed E-state index contributed by atoms with van der Waals surface area (Å²) in [6.45, 7) is 0.357. The van der Waals surface area contributed by atoms with Crippen molar-refractivity contribution in [2.24, 2.45) is 0 Å². The molecular formula is C25H23ClN2O3. The Hall–Kier alpha value is -3.44. The molecule has 6 heteroatoms. The highest BCUT2D eigenvalue weighted by Gasteiger charge is 2.19. The molecule has 5 nitrogen and oxygen atoms in total. The van der Waals surface area contributed by atoms with Crippen molar-refractivity contribution in [2.75, 3.05) is 20.3 Å². The van der Waals surface area contributed by atoms with E-state index in [0.717, 1.165) is 27.8 Å². The van der Waals surface area contributed by atoms with Crippen molar-refractivity contribution in [3.8, 4) is 11.5 Å². The van der Waals surface area contributed by atoms with Gasteiger partial charge in [-0.3, -0.25) is 4.79 Å². The maximum atomic E-state index is 12.5. The molecule has 0 aliphatic rings. The minimum absolute atomic E-state index is 0.0304. The van der Waals surface area contributed by atoms with Gasteiger partial charge in [-0.15, -0.1) is 0 Å². The fraction of sp³-hybridized carbons (Fsp3) is 0.160. The number of ether oxygens (including phenoxy) is 2. The van der Waals surface area contributed by atoms with E-state index in [-0.39, 0.29) is 18.4 Å². The summed E-state index contributed by atoms with van der Waals surface area (Å²) in [6, 6.07) is 23.1. The first kappa shape index (κ1) is 20.8. The molecule has 158 valence electrons. The number of fused-ring (bicyclic) bond motifs is 1. The second kappa shape index (κ2) is 9.58. The summed E-state index contributed by atoms with van der Waals surface area (Å²) in [5, 5.41) is 4.70. The molecule has 0 spiro atoms. The maximum absolute atomic E-state index is 12.5. The molecule has 0 saturated heterocycles. The molecule has 0 saturated carbocycles. The zero-order valence-corrected chi connectivity index (χ0v) is 17.9. The van der Waals surface area contributed by atoms with Crippen molar-refractivity contribution >= 4 is 28.4 Å². The third-order valence-corrected chi connectivity index (χ3v) is 5.42. The second-order valence-corrected chi connectivity index (χ2v) is 7.60. The van der Waals surface area contributed by atoms with E-state index in [9.17, 15) is 4.79 Å². The monoisotopic (exact) mass is 434 g/mol. The van der Waals surface area contributed by atoms with Crippen LogP contribution in [0.5, 0.6) is 11.5 Å². The van der Waals surface area contributed by atoms with E-state index in [1.165, 1.54) is 0 Å². The lowest BCUT2D eigenvalue weighted by Crippen LogP contribution is -2.32. The SMILES string of the molecule is COc1ccc(C(CNC(=O)COc2cccc(Cl)c2)c2c[nH]c3ccccc23)cc1. The zero-order valence-electron chi connectivity index (χ0n) is 17.1. The molecular weight excluding hydrogens is 412 g/mol. The minimum Gasteiger partial charge on any atom is -0.497 e. The minimum atomic E-state index is -0.196. The van der Waals surface area contributed by atoms with Gasteiger partial charge >= 0.3 is 0 Å². The number of amides is 1. The van der Waals surface area contributed by atoms with Crippen LogP contribution in [0.2, 0.25) is 5.02 Å². The topological polar surface area (TPSA) is 63.4 Å². The number of methoxy groups -OCH3 is 1. The van der Waals surface area contributed by atoms with E-state index in [2.05, 4.69) is 16.4 Å². The van der Waals surface area contributed by atoms with Crippen molar-refractivity contribution in [1.82, 2.24) is 10.3 Å². The average molecular weight is 435 g/mol. The number of H-pyrrole nitrogens is 1. The van der Waals surface area contributed by atoms with Crippen LogP contribution >= 0.6 is 11.6 Å². The van der Waals surface area contributed by atoms with Gasteiger partial charge in [-0.05, 0) is 47.5 Å². The van der Waals surface area contributed by atoms with E-state index in [0.29, 0.717) is 17.3 Å². The number of nitrogens with one attached hydrogen (secondary N) is 2. The highest BCUT2D eigenvalue weighted by molar-refractivity contribution is 6.30. The fourth-order valence-electron chi connectivity index (χ4n) is 3.60. The molecule has 2 N–H and O–H groups in total. The molecule has 0 aliphatic heterocycles. The Morgan fingerprint density at radius 3 is 2.61 bits per heavy atom. The van der Waals surface area contributed by atoms with Crippen molar-refractivity contribution in [2.45, 2.75) is 5.92 Å². The van der Waals surface area contributed by atoms with Crippen molar-refractivity contribution < 1.29 is 14.3 Å². The van der Waals surface area contributed by atoms with Crippen LogP contribution in [-0.4, -0.2) is 31.2 Å². The number of carbonyl (C=O) groups is 1. The largest absolute Gasteiger partial charge is 0.497 e. The molecule has 0 radical (unpaired) electrons. The van der Waals surface area contributed by atoms with Gasteiger partial charge in [0.25, 0.3) is 5.91 Å². The number of hydrogen-bond donors (Lipinski definition) is 2. The Morgan fingerprint density at radius 1 is 1.03 bits per heavy atom.